The van der Waals surface area contributed by atoms with E-state index in [1.807, 2.05) is 4.90 Å². The SMILES string of the molecule is CCCCC[C@@]1(C)[C@@H]2SCC(=O)N2CCN1CC(=O)NN. The lowest BCUT2D eigenvalue weighted by Crippen LogP contribution is -2.66. The van der Waals surface area contributed by atoms with Crippen molar-refractivity contribution in [2.24, 2.45) is 5.84 Å². The van der Waals surface area contributed by atoms with E-state index in [0.29, 0.717) is 18.8 Å². The molecule has 2 atom stereocenters. The van der Waals surface area contributed by atoms with Crippen molar-refractivity contribution in [2.75, 3.05) is 25.4 Å². The molecular formula is C14H26N4O2S. The van der Waals surface area contributed by atoms with Crippen LogP contribution in [0.15, 0.2) is 0 Å². The monoisotopic (exact) mass is 314 g/mol. The molecule has 0 aliphatic carbocycles. The first-order valence-electron chi connectivity index (χ1n) is 7.68. The summed E-state index contributed by atoms with van der Waals surface area (Å²) in [5, 5.41) is 0.154. The van der Waals surface area contributed by atoms with E-state index in [-0.39, 0.29) is 22.7 Å². The fraction of sp³-hybridized carbons (Fsp3) is 0.857. The van der Waals surface area contributed by atoms with E-state index in [2.05, 4.69) is 24.2 Å². The van der Waals surface area contributed by atoms with Crippen LogP contribution in [0.25, 0.3) is 0 Å². The molecule has 2 rings (SSSR count). The number of carbonyl (C=O) groups is 2. The summed E-state index contributed by atoms with van der Waals surface area (Å²) in [6, 6.07) is 0. The Hall–Kier alpha value is -0.790. The number of rotatable bonds is 6. The van der Waals surface area contributed by atoms with Gasteiger partial charge in [-0.25, -0.2) is 5.84 Å². The fourth-order valence-electron chi connectivity index (χ4n) is 3.34. The van der Waals surface area contributed by atoms with Gasteiger partial charge in [0.1, 0.15) is 0 Å². The molecule has 2 aliphatic heterocycles. The Kier molecular flexibility index (Phi) is 5.51. The molecule has 2 heterocycles. The predicted molar refractivity (Wildman–Crippen MR) is 84.4 cm³/mol. The van der Waals surface area contributed by atoms with E-state index < -0.39 is 0 Å². The fourth-order valence-corrected chi connectivity index (χ4v) is 4.84. The standard InChI is InChI=1S/C14H26N4O2S/c1-3-4-5-6-14(2)13-18(12(20)10-21-13)8-7-17(14)9-11(19)16-15/h13H,3-10,15H2,1-2H3,(H,16,19)/t13-,14-/m0/s1. The number of hydrogen-bond donors (Lipinski definition) is 2. The van der Waals surface area contributed by atoms with E-state index in [1.165, 1.54) is 12.8 Å². The Morgan fingerprint density at radius 1 is 1.48 bits per heavy atom. The molecule has 0 unspecified atom stereocenters. The number of nitrogens with two attached hydrogens (primary N) is 1. The molecule has 0 saturated carbocycles. The molecule has 2 saturated heterocycles. The Bertz CT molecular complexity index is 406. The lowest BCUT2D eigenvalue weighted by atomic mass is 9.89. The second-order valence-corrected chi connectivity index (χ2v) is 7.12. The van der Waals surface area contributed by atoms with Crippen molar-refractivity contribution in [3.63, 3.8) is 0 Å². The van der Waals surface area contributed by atoms with Crippen LogP contribution in [0.4, 0.5) is 0 Å². The summed E-state index contributed by atoms with van der Waals surface area (Å²) in [6.07, 6.45) is 4.46. The first-order chi connectivity index (χ1) is 10.0. The molecule has 0 aromatic rings. The van der Waals surface area contributed by atoms with Crippen LogP contribution >= 0.6 is 11.8 Å². The topological polar surface area (TPSA) is 78.7 Å². The van der Waals surface area contributed by atoms with Gasteiger partial charge in [-0.05, 0) is 13.3 Å². The normalized spacial score (nSPS) is 29.6. The zero-order valence-corrected chi connectivity index (χ0v) is 13.7. The van der Waals surface area contributed by atoms with Crippen molar-refractivity contribution < 1.29 is 9.59 Å². The summed E-state index contributed by atoms with van der Waals surface area (Å²) in [4.78, 5) is 27.9. The van der Waals surface area contributed by atoms with Gasteiger partial charge in [0.2, 0.25) is 11.8 Å². The third kappa shape index (κ3) is 3.35. The van der Waals surface area contributed by atoms with Crippen LogP contribution in [0.5, 0.6) is 0 Å². The number of fused-ring (bicyclic) bond motifs is 1. The van der Waals surface area contributed by atoms with Crippen LogP contribution in [0.3, 0.4) is 0 Å². The molecule has 6 nitrogen and oxygen atoms in total. The summed E-state index contributed by atoms with van der Waals surface area (Å²) >= 11 is 1.71. The van der Waals surface area contributed by atoms with Gasteiger partial charge in [0, 0.05) is 18.6 Å². The average molecular weight is 314 g/mol. The molecule has 120 valence electrons. The number of nitrogens with zero attached hydrogens (tertiary/aromatic N) is 2. The Labute approximate surface area is 130 Å². The van der Waals surface area contributed by atoms with Gasteiger partial charge in [0.25, 0.3) is 0 Å². The van der Waals surface area contributed by atoms with Crippen LogP contribution in [0.1, 0.15) is 39.5 Å². The molecule has 2 amide bonds. The predicted octanol–water partition coefficient (Wildman–Crippen LogP) is 0.532. The summed E-state index contributed by atoms with van der Waals surface area (Å²) < 4.78 is 0. The molecule has 7 heteroatoms. The summed E-state index contributed by atoms with van der Waals surface area (Å²) in [7, 11) is 0. The van der Waals surface area contributed by atoms with Crippen LogP contribution < -0.4 is 11.3 Å². The summed E-state index contributed by atoms with van der Waals surface area (Å²) in [6.45, 7) is 6.12. The molecule has 0 aromatic carbocycles. The third-order valence-corrected chi connectivity index (χ3v) is 6.11. The van der Waals surface area contributed by atoms with Gasteiger partial charge >= 0.3 is 0 Å². The van der Waals surface area contributed by atoms with Gasteiger partial charge in [-0.15, -0.1) is 11.8 Å². The molecule has 0 spiro atoms. The van der Waals surface area contributed by atoms with E-state index >= 15 is 0 Å². The van der Waals surface area contributed by atoms with Crippen LogP contribution in [-0.2, 0) is 9.59 Å². The van der Waals surface area contributed by atoms with Crippen molar-refractivity contribution in [3.05, 3.63) is 0 Å². The van der Waals surface area contributed by atoms with E-state index in [1.54, 1.807) is 11.8 Å². The lowest BCUT2D eigenvalue weighted by molar-refractivity contribution is -0.136. The Morgan fingerprint density at radius 2 is 2.24 bits per heavy atom. The number of unbranched alkanes of at least 4 members (excludes halogenated alkanes) is 2. The lowest BCUT2D eigenvalue weighted by Gasteiger charge is -2.52. The highest BCUT2D eigenvalue weighted by Crippen LogP contribution is 2.42. The second kappa shape index (κ2) is 6.98. The summed E-state index contributed by atoms with van der Waals surface area (Å²) in [5.41, 5.74) is 2.06. The average Bonchev–Trinajstić information content (AvgIpc) is 2.85. The molecule has 0 bridgehead atoms. The minimum Gasteiger partial charge on any atom is -0.327 e. The van der Waals surface area contributed by atoms with E-state index in [4.69, 9.17) is 5.84 Å². The molecule has 2 fully saturated rings. The molecule has 0 radical (unpaired) electrons. The molecule has 0 aromatic heterocycles. The highest BCUT2D eigenvalue weighted by Gasteiger charge is 2.50. The molecule has 2 aliphatic rings. The first-order valence-corrected chi connectivity index (χ1v) is 8.73. The molecule has 3 N–H and O–H groups in total. The number of thioether (sulfide) groups is 1. The zero-order chi connectivity index (χ0) is 15.5. The van der Waals surface area contributed by atoms with Gasteiger partial charge in [0.05, 0.1) is 17.7 Å². The number of amides is 2. The Balaban J connectivity index is 2.15. The Morgan fingerprint density at radius 3 is 2.90 bits per heavy atom. The third-order valence-electron chi connectivity index (χ3n) is 4.62. The molecular weight excluding hydrogens is 288 g/mol. The van der Waals surface area contributed by atoms with Crippen LogP contribution in [0, 0.1) is 0 Å². The number of piperazine rings is 1. The van der Waals surface area contributed by atoms with Gasteiger partial charge in [-0.3, -0.25) is 19.9 Å². The number of hydrazine groups is 1. The maximum Gasteiger partial charge on any atom is 0.248 e. The number of hydrogen-bond acceptors (Lipinski definition) is 5. The van der Waals surface area contributed by atoms with Crippen molar-refractivity contribution in [1.29, 1.82) is 0 Å². The summed E-state index contributed by atoms with van der Waals surface area (Å²) in [5.74, 6) is 5.86. The minimum absolute atomic E-state index is 0.154. The van der Waals surface area contributed by atoms with Crippen molar-refractivity contribution in [1.82, 2.24) is 15.2 Å². The van der Waals surface area contributed by atoms with E-state index in [9.17, 15) is 9.59 Å². The largest absolute Gasteiger partial charge is 0.327 e. The zero-order valence-electron chi connectivity index (χ0n) is 12.9. The van der Waals surface area contributed by atoms with Crippen LogP contribution in [0.2, 0.25) is 0 Å². The van der Waals surface area contributed by atoms with Crippen molar-refractivity contribution in [3.8, 4) is 0 Å². The smallest absolute Gasteiger partial charge is 0.248 e. The number of nitrogens with one attached hydrogen (secondary N) is 1. The van der Waals surface area contributed by atoms with E-state index in [0.717, 1.165) is 19.4 Å². The second-order valence-electron chi connectivity index (χ2n) is 6.05. The highest BCUT2D eigenvalue weighted by atomic mass is 32.2. The van der Waals surface area contributed by atoms with Gasteiger partial charge in [-0.2, -0.15) is 0 Å². The van der Waals surface area contributed by atoms with Crippen LogP contribution in [-0.4, -0.2) is 57.9 Å². The van der Waals surface area contributed by atoms with Crippen molar-refractivity contribution >= 4 is 23.6 Å². The maximum atomic E-state index is 12.0. The first kappa shape index (κ1) is 16.6. The minimum atomic E-state index is -0.167. The van der Waals surface area contributed by atoms with Gasteiger partial charge in [-0.1, -0.05) is 26.2 Å². The van der Waals surface area contributed by atoms with Gasteiger partial charge < -0.3 is 4.90 Å². The maximum absolute atomic E-state index is 12.0. The quantitative estimate of drug-likeness (QED) is 0.324. The molecule has 21 heavy (non-hydrogen) atoms. The number of carbonyl (C=O) groups excluding carboxylic acids is 2. The highest BCUT2D eigenvalue weighted by molar-refractivity contribution is 8.01. The van der Waals surface area contributed by atoms with Gasteiger partial charge in [0.15, 0.2) is 0 Å². The van der Waals surface area contributed by atoms with Crippen molar-refractivity contribution in [2.45, 2.75) is 50.4 Å².